The molecule has 3 heteroatoms. The predicted molar refractivity (Wildman–Crippen MR) is 77.1 cm³/mol. The van der Waals surface area contributed by atoms with Crippen LogP contribution in [0.5, 0.6) is 0 Å². The summed E-state index contributed by atoms with van der Waals surface area (Å²) in [6.45, 7) is 6.95. The molecule has 4 fully saturated rings. The van der Waals surface area contributed by atoms with Gasteiger partial charge in [0.25, 0.3) is 0 Å². The molecule has 4 rings (SSSR count). The second kappa shape index (κ2) is 4.72. The molecule has 7 atom stereocenters. The van der Waals surface area contributed by atoms with Crippen LogP contribution < -0.4 is 0 Å². The zero-order valence-electron chi connectivity index (χ0n) is 12.8. The first-order chi connectivity index (χ1) is 9.72. The van der Waals surface area contributed by atoms with Gasteiger partial charge in [0.1, 0.15) is 6.10 Å². The van der Waals surface area contributed by atoms with Crippen molar-refractivity contribution < 1.29 is 9.53 Å². The monoisotopic (exact) mass is 277 g/mol. The minimum absolute atomic E-state index is 0.0772. The molecule has 4 aliphatic rings. The summed E-state index contributed by atoms with van der Waals surface area (Å²) in [6.07, 6.45) is 6.77. The van der Waals surface area contributed by atoms with Gasteiger partial charge in [-0.3, -0.25) is 9.69 Å². The molecule has 0 aromatic rings. The quantitative estimate of drug-likeness (QED) is 0.690. The first-order valence-corrected chi connectivity index (χ1v) is 8.67. The number of ether oxygens (including phenoxy) is 1. The van der Waals surface area contributed by atoms with Crippen LogP contribution in [0.4, 0.5) is 0 Å². The summed E-state index contributed by atoms with van der Waals surface area (Å²) in [5.74, 6) is 2.80. The lowest BCUT2D eigenvalue weighted by atomic mass is 9.60. The number of fused-ring (bicyclic) bond motifs is 2. The molecule has 3 heterocycles. The van der Waals surface area contributed by atoms with E-state index in [1.165, 1.54) is 45.2 Å². The summed E-state index contributed by atoms with van der Waals surface area (Å²) in [4.78, 5) is 14.9. The van der Waals surface area contributed by atoms with Gasteiger partial charge in [0.05, 0.1) is 5.92 Å². The topological polar surface area (TPSA) is 29.5 Å². The standard InChI is InChI=1S/C17H27NO2/c1-3-11-12-6-4-5-8-18-9-7-13(15(12)18)14-10(2)17(19)20-16(11)14/h10-16H,3-9H2,1-2H3/t10-,11-,12-,13-,14+,15+,16-/m0/s1. The Bertz CT molecular complexity index is 410. The molecule has 1 saturated carbocycles. The Hall–Kier alpha value is -0.570. The lowest BCUT2D eigenvalue weighted by Gasteiger charge is -2.48. The zero-order chi connectivity index (χ0) is 13.9. The molecule has 0 aromatic heterocycles. The van der Waals surface area contributed by atoms with E-state index in [-0.39, 0.29) is 18.0 Å². The Kier molecular flexibility index (Phi) is 3.10. The van der Waals surface area contributed by atoms with Gasteiger partial charge >= 0.3 is 5.97 Å². The molecule has 1 aliphatic carbocycles. The van der Waals surface area contributed by atoms with Crippen molar-refractivity contribution in [3.63, 3.8) is 0 Å². The van der Waals surface area contributed by atoms with E-state index < -0.39 is 0 Å². The fraction of sp³-hybridized carbons (Fsp3) is 0.941. The summed E-state index contributed by atoms with van der Waals surface area (Å²) >= 11 is 0. The number of carbonyl (C=O) groups excluding carboxylic acids is 1. The van der Waals surface area contributed by atoms with Crippen molar-refractivity contribution in [3.8, 4) is 0 Å². The summed E-state index contributed by atoms with van der Waals surface area (Å²) < 4.78 is 5.86. The smallest absolute Gasteiger partial charge is 0.309 e. The van der Waals surface area contributed by atoms with Gasteiger partial charge in [0.2, 0.25) is 0 Å². The van der Waals surface area contributed by atoms with Gasteiger partial charge in [-0.2, -0.15) is 0 Å². The highest BCUT2D eigenvalue weighted by molar-refractivity contribution is 5.75. The first kappa shape index (κ1) is 13.1. The summed E-state index contributed by atoms with van der Waals surface area (Å²) in [5.41, 5.74) is 0. The van der Waals surface area contributed by atoms with Gasteiger partial charge in [-0.25, -0.2) is 0 Å². The second-order valence-electron chi connectivity index (χ2n) is 7.48. The molecule has 3 nitrogen and oxygen atoms in total. The highest BCUT2D eigenvalue weighted by atomic mass is 16.6. The largest absolute Gasteiger partial charge is 0.462 e. The van der Waals surface area contributed by atoms with E-state index in [9.17, 15) is 4.79 Å². The average Bonchev–Trinajstić information content (AvgIpc) is 2.89. The fourth-order valence-electron chi connectivity index (χ4n) is 6.04. The number of rotatable bonds is 1. The van der Waals surface area contributed by atoms with Crippen LogP contribution in [0.25, 0.3) is 0 Å². The molecule has 3 saturated heterocycles. The van der Waals surface area contributed by atoms with Crippen molar-refractivity contribution in [2.24, 2.45) is 29.6 Å². The van der Waals surface area contributed by atoms with Crippen LogP contribution in [0, 0.1) is 29.6 Å². The Balaban J connectivity index is 1.74. The van der Waals surface area contributed by atoms with Crippen LogP contribution in [-0.4, -0.2) is 36.1 Å². The van der Waals surface area contributed by atoms with Crippen molar-refractivity contribution in [2.45, 2.75) is 58.1 Å². The Morgan fingerprint density at radius 1 is 1.20 bits per heavy atom. The molecule has 0 amide bonds. The van der Waals surface area contributed by atoms with Gasteiger partial charge in [-0.15, -0.1) is 0 Å². The van der Waals surface area contributed by atoms with E-state index in [0.717, 1.165) is 12.0 Å². The number of hydrogen-bond acceptors (Lipinski definition) is 3. The third-order valence-electron chi connectivity index (χ3n) is 6.80. The summed E-state index contributed by atoms with van der Waals surface area (Å²) in [5, 5.41) is 0. The van der Waals surface area contributed by atoms with Crippen molar-refractivity contribution in [3.05, 3.63) is 0 Å². The second-order valence-corrected chi connectivity index (χ2v) is 7.48. The molecular formula is C17H27NO2. The third-order valence-corrected chi connectivity index (χ3v) is 6.80. The maximum absolute atomic E-state index is 12.1. The van der Waals surface area contributed by atoms with Crippen LogP contribution in [0.2, 0.25) is 0 Å². The first-order valence-electron chi connectivity index (χ1n) is 8.67. The maximum atomic E-state index is 12.1. The summed E-state index contributed by atoms with van der Waals surface area (Å²) in [7, 11) is 0. The molecule has 0 N–H and O–H groups in total. The number of carbonyl (C=O) groups is 1. The highest BCUT2D eigenvalue weighted by Crippen LogP contribution is 2.55. The maximum Gasteiger partial charge on any atom is 0.309 e. The molecule has 20 heavy (non-hydrogen) atoms. The van der Waals surface area contributed by atoms with Crippen molar-refractivity contribution in [1.82, 2.24) is 4.90 Å². The lowest BCUT2D eigenvalue weighted by molar-refractivity contribution is -0.148. The molecule has 112 valence electrons. The molecule has 0 radical (unpaired) electrons. The van der Waals surface area contributed by atoms with Gasteiger partial charge in [-0.1, -0.05) is 20.3 Å². The fourth-order valence-corrected chi connectivity index (χ4v) is 6.04. The number of esters is 1. The lowest BCUT2D eigenvalue weighted by Crippen LogP contribution is -2.53. The SMILES string of the molecule is CC[C@H]1[C@@H]2CCCCN3CC[C@@H]([C@@H]4[C@H]1OC(=O)[C@H]4C)[C@@H]23. The van der Waals surface area contributed by atoms with Crippen molar-refractivity contribution in [2.75, 3.05) is 13.1 Å². The van der Waals surface area contributed by atoms with Crippen LogP contribution in [0.15, 0.2) is 0 Å². The van der Waals surface area contributed by atoms with E-state index in [4.69, 9.17) is 4.74 Å². The van der Waals surface area contributed by atoms with E-state index in [0.29, 0.717) is 17.8 Å². The van der Waals surface area contributed by atoms with Gasteiger partial charge in [0, 0.05) is 17.9 Å². The van der Waals surface area contributed by atoms with E-state index in [2.05, 4.69) is 18.7 Å². The van der Waals surface area contributed by atoms with Gasteiger partial charge in [0.15, 0.2) is 0 Å². The van der Waals surface area contributed by atoms with Crippen molar-refractivity contribution >= 4 is 5.97 Å². The zero-order valence-corrected chi connectivity index (χ0v) is 12.8. The third kappa shape index (κ3) is 1.65. The minimum atomic E-state index is 0.0772. The van der Waals surface area contributed by atoms with Gasteiger partial charge < -0.3 is 4.74 Å². The predicted octanol–water partition coefficient (Wildman–Crippen LogP) is 2.69. The summed E-state index contributed by atoms with van der Waals surface area (Å²) in [6, 6.07) is 0.751. The number of nitrogens with zero attached hydrogens (tertiary/aromatic N) is 1. The number of hydrogen-bond donors (Lipinski definition) is 0. The molecule has 0 unspecified atom stereocenters. The molecule has 0 bridgehead atoms. The van der Waals surface area contributed by atoms with Crippen LogP contribution in [0.1, 0.15) is 46.0 Å². The van der Waals surface area contributed by atoms with E-state index in [1.807, 2.05) is 0 Å². The van der Waals surface area contributed by atoms with Crippen LogP contribution in [0.3, 0.4) is 0 Å². The Labute approximate surface area is 122 Å². The molecule has 0 aromatic carbocycles. The van der Waals surface area contributed by atoms with E-state index in [1.54, 1.807) is 0 Å². The average molecular weight is 277 g/mol. The van der Waals surface area contributed by atoms with Crippen LogP contribution >= 0.6 is 0 Å². The molecule has 0 spiro atoms. The van der Waals surface area contributed by atoms with E-state index >= 15 is 0 Å². The normalized spacial score (nSPS) is 51.3. The minimum Gasteiger partial charge on any atom is -0.462 e. The van der Waals surface area contributed by atoms with Crippen LogP contribution in [-0.2, 0) is 9.53 Å². The Morgan fingerprint density at radius 3 is 2.85 bits per heavy atom. The van der Waals surface area contributed by atoms with Crippen molar-refractivity contribution in [1.29, 1.82) is 0 Å². The van der Waals surface area contributed by atoms with Gasteiger partial charge in [-0.05, 0) is 50.6 Å². The molecular weight excluding hydrogens is 250 g/mol. The highest BCUT2D eigenvalue weighted by Gasteiger charge is 2.60. The molecule has 3 aliphatic heterocycles. The Morgan fingerprint density at radius 2 is 2.05 bits per heavy atom.